The third-order valence-corrected chi connectivity index (χ3v) is 6.28. The number of fused-ring (bicyclic) bond motifs is 3. The molecule has 0 amide bonds. The summed E-state index contributed by atoms with van der Waals surface area (Å²) in [4.78, 5) is 30.9. The number of aryl methyl sites for hydroxylation is 2. The minimum atomic E-state index is -0.583. The molecule has 0 bridgehead atoms. The first-order valence-corrected chi connectivity index (χ1v) is 10.5. The highest BCUT2D eigenvalue weighted by Gasteiger charge is 2.23. The number of benzene rings is 1. The van der Waals surface area contributed by atoms with E-state index < -0.39 is 17.1 Å². The molecule has 3 aromatic heterocycles. The number of rotatable bonds is 4. The van der Waals surface area contributed by atoms with Crippen LogP contribution in [0, 0.1) is 12.7 Å². The third-order valence-electron chi connectivity index (χ3n) is 5.93. The first-order valence-electron chi connectivity index (χ1n) is 10.1. The van der Waals surface area contributed by atoms with Crippen molar-refractivity contribution in [2.24, 2.45) is 7.05 Å². The number of halogens is 2. The Kier molecular flexibility index (Phi) is 4.75. The SMILES string of the molecule is Cc1cn2c3c(=O)n(Cc4c(F)cccc4Cl)c(=O)n(C)c3nc2n1C[C@H]1CCCO1. The van der Waals surface area contributed by atoms with Crippen LogP contribution in [0.1, 0.15) is 24.1 Å². The summed E-state index contributed by atoms with van der Waals surface area (Å²) in [6.07, 6.45) is 3.92. The molecular weight excluding hydrogens is 425 g/mol. The number of hydrogen-bond acceptors (Lipinski definition) is 4. The Morgan fingerprint density at radius 3 is 2.81 bits per heavy atom. The first kappa shape index (κ1) is 20.0. The van der Waals surface area contributed by atoms with Gasteiger partial charge in [0.25, 0.3) is 5.56 Å². The normalized spacial score (nSPS) is 16.7. The van der Waals surface area contributed by atoms with E-state index >= 15 is 0 Å². The van der Waals surface area contributed by atoms with Crippen LogP contribution in [0.4, 0.5) is 4.39 Å². The van der Waals surface area contributed by atoms with Gasteiger partial charge in [-0.25, -0.2) is 9.18 Å². The molecule has 0 radical (unpaired) electrons. The van der Waals surface area contributed by atoms with Crippen LogP contribution in [0.3, 0.4) is 0 Å². The van der Waals surface area contributed by atoms with Gasteiger partial charge in [-0.3, -0.25) is 18.3 Å². The van der Waals surface area contributed by atoms with Gasteiger partial charge in [0, 0.05) is 36.1 Å². The summed E-state index contributed by atoms with van der Waals surface area (Å²) in [5.74, 6) is -0.00434. The fourth-order valence-electron chi connectivity index (χ4n) is 4.25. The van der Waals surface area contributed by atoms with E-state index in [1.165, 1.54) is 22.8 Å². The van der Waals surface area contributed by atoms with Gasteiger partial charge in [0.2, 0.25) is 5.78 Å². The van der Waals surface area contributed by atoms with E-state index in [1.54, 1.807) is 11.4 Å². The molecule has 0 unspecified atom stereocenters. The lowest BCUT2D eigenvalue weighted by atomic mass is 10.2. The molecule has 8 nitrogen and oxygen atoms in total. The van der Waals surface area contributed by atoms with Crippen molar-refractivity contribution in [2.45, 2.75) is 39.0 Å². The van der Waals surface area contributed by atoms with E-state index in [4.69, 9.17) is 16.3 Å². The van der Waals surface area contributed by atoms with Gasteiger partial charge in [0.15, 0.2) is 11.2 Å². The molecule has 0 aliphatic carbocycles. The molecule has 1 atom stereocenters. The first-order chi connectivity index (χ1) is 14.9. The predicted octanol–water partition coefficient (Wildman–Crippen LogP) is 2.48. The quantitative estimate of drug-likeness (QED) is 0.483. The fourth-order valence-corrected chi connectivity index (χ4v) is 4.48. The Balaban J connectivity index is 1.71. The standard InChI is InChI=1S/C21H21ClFN5O3/c1-12-9-27-17-18(24-20(27)26(12)10-13-5-4-8-31-13)25(2)21(30)28(19(17)29)11-14-15(22)6-3-7-16(14)23/h3,6-7,9,13H,4-5,8,10-11H2,1-2H3/t13-/m1/s1. The van der Waals surface area contributed by atoms with Gasteiger partial charge in [-0.2, -0.15) is 4.98 Å². The molecular formula is C21H21ClFN5O3. The van der Waals surface area contributed by atoms with Gasteiger partial charge in [-0.15, -0.1) is 0 Å². The van der Waals surface area contributed by atoms with E-state index in [-0.39, 0.29) is 34.4 Å². The highest BCUT2D eigenvalue weighted by Crippen LogP contribution is 2.22. The van der Waals surface area contributed by atoms with E-state index in [9.17, 15) is 14.0 Å². The second-order valence-corrected chi connectivity index (χ2v) is 8.31. The van der Waals surface area contributed by atoms with Crippen LogP contribution in [0.5, 0.6) is 0 Å². The second-order valence-electron chi connectivity index (χ2n) is 7.90. The molecule has 1 aliphatic heterocycles. The average Bonchev–Trinajstić information content (AvgIpc) is 3.43. The highest BCUT2D eigenvalue weighted by molar-refractivity contribution is 6.31. The Morgan fingerprint density at radius 1 is 1.29 bits per heavy atom. The number of nitrogens with zero attached hydrogens (tertiary/aromatic N) is 5. The summed E-state index contributed by atoms with van der Waals surface area (Å²) < 4.78 is 26.1. The third kappa shape index (κ3) is 3.11. The zero-order valence-corrected chi connectivity index (χ0v) is 17.9. The van der Waals surface area contributed by atoms with E-state index in [0.29, 0.717) is 12.3 Å². The molecule has 0 saturated carbocycles. The van der Waals surface area contributed by atoms with Crippen molar-refractivity contribution in [2.75, 3.05) is 6.61 Å². The van der Waals surface area contributed by atoms with E-state index in [1.807, 2.05) is 17.7 Å². The molecule has 0 N–H and O–H groups in total. The summed E-state index contributed by atoms with van der Waals surface area (Å²) in [7, 11) is 1.55. The van der Waals surface area contributed by atoms with Gasteiger partial charge >= 0.3 is 5.69 Å². The van der Waals surface area contributed by atoms with Crippen LogP contribution in [0.15, 0.2) is 34.0 Å². The zero-order valence-electron chi connectivity index (χ0n) is 17.1. The summed E-state index contributed by atoms with van der Waals surface area (Å²) in [5.41, 5.74) is 0.437. The number of hydrogen-bond donors (Lipinski definition) is 0. The van der Waals surface area contributed by atoms with E-state index in [2.05, 4.69) is 4.98 Å². The van der Waals surface area contributed by atoms with Crippen LogP contribution < -0.4 is 11.2 Å². The topological polar surface area (TPSA) is 75.5 Å². The van der Waals surface area contributed by atoms with Crippen LogP contribution >= 0.6 is 11.6 Å². The van der Waals surface area contributed by atoms with Gasteiger partial charge in [-0.1, -0.05) is 17.7 Å². The average molecular weight is 446 g/mol. The van der Waals surface area contributed by atoms with Crippen molar-refractivity contribution >= 4 is 28.5 Å². The summed E-state index contributed by atoms with van der Waals surface area (Å²) >= 11 is 6.12. The summed E-state index contributed by atoms with van der Waals surface area (Å²) in [6.45, 7) is 3.04. The molecule has 1 aliphatic rings. The van der Waals surface area contributed by atoms with Crippen LogP contribution in [0.2, 0.25) is 5.02 Å². The monoisotopic (exact) mass is 445 g/mol. The van der Waals surface area contributed by atoms with Crippen molar-refractivity contribution in [1.82, 2.24) is 23.1 Å². The maximum Gasteiger partial charge on any atom is 0.332 e. The molecule has 4 aromatic rings. The minimum Gasteiger partial charge on any atom is -0.376 e. The van der Waals surface area contributed by atoms with Gasteiger partial charge in [0.1, 0.15) is 5.82 Å². The molecule has 10 heteroatoms. The molecule has 31 heavy (non-hydrogen) atoms. The largest absolute Gasteiger partial charge is 0.376 e. The smallest absolute Gasteiger partial charge is 0.332 e. The van der Waals surface area contributed by atoms with Gasteiger partial charge in [0.05, 0.1) is 19.2 Å². The summed E-state index contributed by atoms with van der Waals surface area (Å²) in [6, 6.07) is 4.26. The zero-order chi connectivity index (χ0) is 21.9. The Bertz CT molecular complexity index is 1420. The van der Waals surface area contributed by atoms with Crippen molar-refractivity contribution < 1.29 is 9.13 Å². The molecule has 0 spiro atoms. The number of imidazole rings is 2. The summed E-state index contributed by atoms with van der Waals surface area (Å²) in [5, 5.41) is 0.158. The van der Waals surface area contributed by atoms with Crippen molar-refractivity contribution in [3.8, 4) is 0 Å². The lowest BCUT2D eigenvalue weighted by Gasteiger charge is -2.11. The lowest BCUT2D eigenvalue weighted by molar-refractivity contribution is 0.0974. The van der Waals surface area contributed by atoms with Crippen LogP contribution in [-0.4, -0.2) is 35.8 Å². The molecule has 1 aromatic carbocycles. The maximum absolute atomic E-state index is 14.3. The second kappa shape index (κ2) is 7.35. The van der Waals surface area contributed by atoms with Gasteiger partial charge < -0.3 is 9.30 Å². The Morgan fingerprint density at radius 2 is 2.10 bits per heavy atom. The van der Waals surface area contributed by atoms with Crippen molar-refractivity contribution in [3.05, 3.63) is 67.3 Å². The molecule has 162 valence electrons. The molecule has 1 fully saturated rings. The van der Waals surface area contributed by atoms with Crippen LogP contribution in [0.25, 0.3) is 16.9 Å². The molecule has 1 saturated heterocycles. The Labute approximate surface area is 181 Å². The molecule has 5 rings (SSSR count). The highest BCUT2D eigenvalue weighted by atomic mass is 35.5. The minimum absolute atomic E-state index is 0.0932. The lowest BCUT2D eigenvalue weighted by Crippen LogP contribution is -2.39. The van der Waals surface area contributed by atoms with Crippen molar-refractivity contribution in [1.29, 1.82) is 0 Å². The number of ether oxygens (including phenoxy) is 1. The maximum atomic E-state index is 14.3. The molecule has 4 heterocycles. The number of aromatic nitrogens is 5. The fraction of sp³-hybridized carbons (Fsp3) is 0.381. The van der Waals surface area contributed by atoms with E-state index in [0.717, 1.165) is 29.7 Å². The van der Waals surface area contributed by atoms with Crippen molar-refractivity contribution in [3.63, 3.8) is 0 Å². The predicted molar refractivity (Wildman–Crippen MR) is 114 cm³/mol. The van der Waals surface area contributed by atoms with Gasteiger partial charge in [-0.05, 0) is 31.9 Å². The van der Waals surface area contributed by atoms with Crippen LogP contribution in [-0.2, 0) is 24.9 Å². The Hall–Kier alpha value is -2.91.